The Hall–Kier alpha value is -1.93. The van der Waals surface area contributed by atoms with E-state index in [1.54, 1.807) is 6.92 Å². The lowest BCUT2D eigenvalue weighted by Gasteiger charge is -1.98. The zero-order valence-electron chi connectivity index (χ0n) is 7.42. The Bertz CT molecular complexity index is 337. The summed E-state index contributed by atoms with van der Waals surface area (Å²) in [5, 5.41) is 0. The predicted octanol–water partition coefficient (Wildman–Crippen LogP) is -2.07. The van der Waals surface area contributed by atoms with E-state index in [0.717, 1.165) is 0 Å². The van der Waals surface area contributed by atoms with Crippen LogP contribution in [0.4, 0.5) is 0 Å². The zero-order chi connectivity index (χ0) is 10.7. The van der Waals surface area contributed by atoms with Crippen molar-refractivity contribution in [3.63, 3.8) is 0 Å². The van der Waals surface area contributed by atoms with Crippen molar-refractivity contribution in [3.8, 4) is 0 Å². The van der Waals surface area contributed by atoms with Crippen molar-refractivity contribution >= 4 is 11.8 Å². The molecule has 1 aromatic rings. The number of rotatable bonds is 2. The maximum absolute atomic E-state index is 11.1. The van der Waals surface area contributed by atoms with E-state index in [9.17, 15) is 9.59 Å². The number of nitrogen functional groups attached to an aromatic ring is 2. The van der Waals surface area contributed by atoms with Gasteiger partial charge in [-0.2, -0.15) is 0 Å². The van der Waals surface area contributed by atoms with Gasteiger partial charge in [0.2, 0.25) is 0 Å². The molecule has 2 amide bonds. The second-order valence-corrected chi connectivity index (χ2v) is 2.49. The second-order valence-electron chi connectivity index (χ2n) is 2.49. The van der Waals surface area contributed by atoms with Gasteiger partial charge in [-0.25, -0.2) is 16.7 Å². The van der Waals surface area contributed by atoms with Crippen LogP contribution in [0.25, 0.3) is 0 Å². The molecule has 0 saturated carbocycles. The van der Waals surface area contributed by atoms with Crippen molar-refractivity contribution in [3.05, 3.63) is 17.2 Å². The summed E-state index contributed by atoms with van der Waals surface area (Å²) in [6.45, 7) is 1.60. The maximum Gasteiger partial charge on any atom is 0.286 e. The number of hydrazine groups is 2. The third-order valence-corrected chi connectivity index (χ3v) is 1.53. The topological polar surface area (TPSA) is 139 Å². The summed E-state index contributed by atoms with van der Waals surface area (Å²) in [5.74, 6) is 8.95. The Kier molecular flexibility index (Phi) is 2.79. The van der Waals surface area contributed by atoms with E-state index in [2.05, 4.69) is 9.97 Å². The third-order valence-electron chi connectivity index (χ3n) is 1.53. The van der Waals surface area contributed by atoms with Crippen LogP contribution in [0.2, 0.25) is 0 Å². The van der Waals surface area contributed by atoms with Crippen molar-refractivity contribution in [2.45, 2.75) is 6.92 Å². The molecule has 0 saturated heterocycles. The van der Waals surface area contributed by atoms with Crippen molar-refractivity contribution in [2.24, 2.45) is 11.7 Å². The molecule has 1 rings (SSSR count). The number of nitrogens with zero attached hydrogens (tertiary/aromatic N) is 1. The lowest BCUT2D eigenvalue weighted by Crippen LogP contribution is -2.35. The highest BCUT2D eigenvalue weighted by Crippen LogP contribution is 2.04. The number of carbonyl (C=O) groups excluding carboxylic acids is 2. The van der Waals surface area contributed by atoms with E-state index >= 15 is 0 Å². The van der Waals surface area contributed by atoms with E-state index in [0.29, 0.717) is 5.82 Å². The molecule has 0 unspecified atom stereocenters. The van der Waals surface area contributed by atoms with Crippen LogP contribution in [0.15, 0.2) is 0 Å². The van der Waals surface area contributed by atoms with Gasteiger partial charge in [0.05, 0.1) is 0 Å². The van der Waals surface area contributed by atoms with Crippen molar-refractivity contribution < 1.29 is 9.59 Å². The molecular weight excluding hydrogens is 188 g/mol. The smallest absolute Gasteiger partial charge is 0.286 e. The summed E-state index contributed by atoms with van der Waals surface area (Å²) < 4.78 is 0. The van der Waals surface area contributed by atoms with Gasteiger partial charge in [0.15, 0.2) is 5.69 Å². The summed E-state index contributed by atoms with van der Waals surface area (Å²) in [6, 6.07) is 0. The van der Waals surface area contributed by atoms with Gasteiger partial charge in [0.1, 0.15) is 11.5 Å². The Labute approximate surface area is 79.0 Å². The summed E-state index contributed by atoms with van der Waals surface area (Å²) in [5.41, 5.74) is 3.64. The molecule has 8 nitrogen and oxygen atoms in total. The van der Waals surface area contributed by atoms with Gasteiger partial charge in [-0.15, -0.1) is 0 Å². The number of aromatic amines is 1. The number of nitrogens with one attached hydrogen (secondary N) is 3. The number of carbonyl (C=O) groups is 2. The molecule has 0 radical (unpaired) electrons. The van der Waals surface area contributed by atoms with Gasteiger partial charge >= 0.3 is 0 Å². The summed E-state index contributed by atoms with van der Waals surface area (Å²) in [7, 11) is 0. The van der Waals surface area contributed by atoms with Gasteiger partial charge in [-0.05, 0) is 6.92 Å². The fourth-order valence-corrected chi connectivity index (χ4v) is 0.961. The molecule has 0 bridgehead atoms. The van der Waals surface area contributed by atoms with Crippen molar-refractivity contribution in [2.75, 3.05) is 0 Å². The fraction of sp³-hybridized carbons (Fsp3) is 0.167. The van der Waals surface area contributed by atoms with Crippen LogP contribution in [0.5, 0.6) is 0 Å². The first-order chi connectivity index (χ1) is 6.60. The van der Waals surface area contributed by atoms with Gasteiger partial charge in [-0.3, -0.25) is 20.4 Å². The summed E-state index contributed by atoms with van der Waals surface area (Å²) >= 11 is 0. The van der Waals surface area contributed by atoms with Crippen molar-refractivity contribution in [1.82, 2.24) is 20.8 Å². The SMILES string of the molecule is Cc1nc(C(=O)NN)c(C(=O)NN)[nH]1. The molecule has 7 N–H and O–H groups in total. The Balaban J connectivity index is 3.15. The number of aryl methyl sites for hydroxylation is 1. The largest absolute Gasteiger partial charge is 0.337 e. The average Bonchev–Trinajstić information content (AvgIpc) is 2.58. The number of hydrogen-bond acceptors (Lipinski definition) is 5. The lowest BCUT2D eigenvalue weighted by molar-refractivity contribution is 0.0914. The fourth-order valence-electron chi connectivity index (χ4n) is 0.961. The van der Waals surface area contributed by atoms with Crippen LogP contribution in [0, 0.1) is 6.92 Å². The zero-order valence-corrected chi connectivity index (χ0v) is 7.42. The molecule has 14 heavy (non-hydrogen) atoms. The number of H-pyrrole nitrogens is 1. The van der Waals surface area contributed by atoms with Gasteiger partial charge in [0, 0.05) is 0 Å². The molecular formula is C6H10N6O2. The minimum absolute atomic E-state index is 0.0204. The minimum atomic E-state index is -0.659. The monoisotopic (exact) mass is 198 g/mol. The van der Waals surface area contributed by atoms with Crippen LogP contribution in [0.3, 0.4) is 0 Å². The molecule has 76 valence electrons. The minimum Gasteiger partial charge on any atom is -0.337 e. The molecule has 0 aliphatic rings. The molecule has 1 heterocycles. The van der Waals surface area contributed by atoms with Crippen LogP contribution >= 0.6 is 0 Å². The molecule has 0 aliphatic heterocycles. The summed E-state index contributed by atoms with van der Waals surface area (Å²) in [4.78, 5) is 28.6. The lowest BCUT2D eigenvalue weighted by atomic mass is 10.3. The average molecular weight is 198 g/mol. The summed E-state index contributed by atoms with van der Waals surface area (Å²) in [6.07, 6.45) is 0. The van der Waals surface area contributed by atoms with Crippen LogP contribution in [-0.2, 0) is 0 Å². The molecule has 0 aliphatic carbocycles. The predicted molar refractivity (Wildman–Crippen MR) is 46.6 cm³/mol. The van der Waals surface area contributed by atoms with Crippen LogP contribution in [0.1, 0.15) is 26.8 Å². The van der Waals surface area contributed by atoms with E-state index in [1.165, 1.54) is 0 Å². The first-order valence-electron chi connectivity index (χ1n) is 3.68. The molecule has 0 spiro atoms. The highest BCUT2D eigenvalue weighted by atomic mass is 16.2. The van der Waals surface area contributed by atoms with Crippen LogP contribution in [-0.4, -0.2) is 21.8 Å². The normalized spacial score (nSPS) is 9.64. The standard InChI is InChI=1S/C6H10N6O2/c1-2-9-3(5(13)11-7)4(10-2)6(14)12-8/h7-8H2,1H3,(H,9,10)(H,11,13)(H,12,14). The van der Waals surface area contributed by atoms with Gasteiger partial charge < -0.3 is 4.98 Å². The Morgan fingerprint density at radius 2 is 1.86 bits per heavy atom. The Morgan fingerprint density at radius 3 is 2.36 bits per heavy atom. The van der Waals surface area contributed by atoms with E-state index in [4.69, 9.17) is 11.7 Å². The second kappa shape index (κ2) is 3.85. The number of nitrogens with two attached hydrogens (primary N) is 2. The van der Waals surface area contributed by atoms with E-state index in [-0.39, 0.29) is 11.4 Å². The third kappa shape index (κ3) is 1.70. The molecule has 0 aromatic carbocycles. The number of aromatic nitrogens is 2. The quantitative estimate of drug-likeness (QED) is 0.211. The van der Waals surface area contributed by atoms with E-state index in [1.807, 2.05) is 10.9 Å². The number of imidazole rings is 1. The first-order valence-corrected chi connectivity index (χ1v) is 3.68. The molecule has 8 heteroatoms. The maximum atomic E-state index is 11.1. The van der Waals surface area contributed by atoms with Crippen molar-refractivity contribution in [1.29, 1.82) is 0 Å². The highest BCUT2D eigenvalue weighted by Gasteiger charge is 2.20. The van der Waals surface area contributed by atoms with Crippen LogP contribution < -0.4 is 22.5 Å². The Morgan fingerprint density at radius 1 is 1.29 bits per heavy atom. The highest BCUT2D eigenvalue weighted by molar-refractivity contribution is 6.04. The molecule has 1 aromatic heterocycles. The molecule has 0 fully saturated rings. The number of amides is 2. The molecule has 0 atom stereocenters. The number of hydrogen-bond donors (Lipinski definition) is 5. The van der Waals surface area contributed by atoms with Gasteiger partial charge in [0.25, 0.3) is 11.8 Å². The van der Waals surface area contributed by atoms with E-state index < -0.39 is 11.8 Å². The first kappa shape index (κ1) is 10.2. The van der Waals surface area contributed by atoms with Gasteiger partial charge in [-0.1, -0.05) is 0 Å².